The van der Waals surface area contributed by atoms with E-state index in [9.17, 15) is 18.0 Å². The number of likely N-dealkylation sites (tertiary alicyclic amines) is 1. The zero-order chi connectivity index (χ0) is 32.1. The van der Waals surface area contributed by atoms with E-state index in [4.69, 9.17) is 19.6 Å². The van der Waals surface area contributed by atoms with Crippen LogP contribution in [0.15, 0.2) is 72.4 Å². The van der Waals surface area contributed by atoms with Crippen LogP contribution in [0, 0.1) is 16.6 Å². The van der Waals surface area contributed by atoms with Crippen LogP contribution in [0.2, 0.25) is 0 Å². The SMILES string of the molecule is C=C1C=C(C(=N)C(=O)Cc2ccc(-c3cnc4cc(OC5CN(CC)C5)c(OC)cc4n3)cc2F)C=C(C2(C(F)(F)F)CC2)O1. The third-order valence-corrected chi connectivity index (χ3v) is 8.37. The molecule has 234 valence electrons. The van der Waals surface area contributed by atoms with Crippen molar-refractivity contribution in [2.75, 3.05) is 26.7 Å². The Morgan fingerprint density at radius 3 is 2.53 bits per heavy atom. The molecule has 0 unspecified atom stereocenters. The minimum atomic E-state index is -4.54. The number of hydrogen-bond donors (Lipinski definition) is 1. The number of hydrogen-bond acceptors (Lipinski definition) is 8. The van der Waals surface area contributed by atoms with Gasteiger partial charge in [-0.2, -0.15) is 13.2 Å². The number of allylic oxidation sites excluding steroid dienone is 4. The van der Waals surface area contributed by atoms with Crippen LogP contribution in [0.5, 0.6) is 11.5 Å². The molecule has 8 nitrogen and oxygen atoms in total. The number of alkyl halides is 3. The van der Waals surface area contributed by atoms with Crippen LogP contribution >= 0.6 is 0 Å². The molecule has 3 aromatic rings. The standard InChI is InChI=1S/C33H30F4N4O4/c1-4-41-16-22(17-41)45-29-13-24-25(14-28(29)43-3)40-26(15-39-24)20-6-5-19(23(34)10-20)11-27(42)31(38)21-9-18(2)44-30(12-21)32(7-8-32)33(35,36)37/h5-6,9-10,12-15,22,38H,2,4,7-8,11,16-17H2,1,3H3. The molecule has 1 aliphatic carbocycles. The summed E-state index contributed by atoms with van der Waals surface area (Å²) in [6, 6.07) is 7.70. The van der Waals surface area contributed by atoms with Crippen LogP contribution in [0.1, 0.15) is 25.3 Å². The summed E-state index contributed by atoms with van der Waals surface area (Å²) >= 11 is 0. The molecular formula is C33H30F4N4O4. The lowest BCUT2D eigenvalue weighted by Gasteiger charge is -2.38. The lowest BCUT2D eigenvalue weighted by Crippen LogP contribution is -2.53. The highest BCUT2D eigenvalue weighted by molar-refractivity contribution is 6.46. The van der Waals surface area contributed by atoms with Crippen molar-refractivity contribution in [3.05, 3.63) is 83.7 Å². The van der Waals surface area contributed by atoms with Crippen LogP contribution in [-0.4, -0.2) is 65.4 Å². The van der Waals surface area contributed by atoms with Crippen molar-refractivity contribution in [2.24, 2.45) is 5.41 Å². The fraction of sp³-hybridized carbons (Fsp3) is 0.333. The Balaban J connectivity index is 1.17. The number of ketones is 1. The first-order valence-electron chi connectivity index (χ1n) is 14.4. The quantitative estimate of drug-likeness (QED) is 0.208. The number of nitrogens with one attached hydrogen (secondary N) is 1. The van der Waals surface area contributed by atoms with Crippen molar-refractivity contribution in [3.8, 4) is 22.8 Å². The highest BCUT2D eigenvalue weighted by Crippen LogP contribution is 2.63. The fourth-order valence-electron chi connectivity index (χ4n) is 5.45. The van der Waals surface area contributed by atoms with Gasteiger partial charge in [0.05, 0.1) is 30.0 Å². The molecule has 1 aromatic heterocycles. The van der Waals surface area contributed by atoms with Crippen LogP contribution < -0.4 is 9.47 Å². The van der Waals surface area contributed by atoms with Gasteiger partial charge in [-0.15, -0.1) is 0 Å². The summed E-state index contributed by atoms with van der Waals surface area (Å²) in [4.78, 5) is 24.3. The third kappa shape index (κ3) is 5.82. The van der Waals surface area contributed by atoms with E-state index in [0.717, 1.165) is 25.7 Å². The Morgan fingerprint density at radius 2 is 1.89 bits per heavy atom. The molecule has 1 N–H and O–H groups in total. The van der Waals surface area contributed by atoms with E-state index in [1.807, 2.05) is 0 Å². The molecule has 0 spiro atoms. The summed E-state index contributed by atoms with van der Waals surface area (Å²) in [5, 5.41) is 8.34. The van der Waals surface area contributed by atoms with Crippen LogP contribution in [0.4, 0.5) is 17.6 Å². The van der Waals surface area contributed by atoms with E-state index in [1.165, 1.54) is 31.5 Å². The largest absolute Gasteiger partial charge is 0.493 e. The molecule has 3 heterocycles. The van der Waals surface area contributed by atoms with Gasteiger partial charge in [0.2, 0.25) is 0 Å². The minimum absolute atomic E-state index is 0.0213. The van der Waals surface area contributed by atoms with Crippen molar-refractivity contribution in [2.45, 2.75) is 38.5 Å². The average molecular weight is 623 g/mol. The van der Waals surface area contributed by atoms with Crippen LogP contribution in [0.3, 0.4) is 0 Å². The van der Waals surface area contributed by atoms with Gasteiger partial charge in [-0.05, 0) is 43.2 Å². The van der Waals surface area contributed by atoms with E-state index in [2.05, 4.69) is 28.4 Å². The van der Waals surface area contributed by atoms with E-state index in [1.54, 1.807) is 18.2 Å². The van der Waals surface area contributed by atoms with E-state index in [-0.39, 0.29) is 41.6 Å². The summed E-state index contributed by atoms with van der Waals surface area (Å²) in [6.45, 7) is 8.29. The number of rotatable bonds is 10. The highest BCUT2D eigenvalue weighted by Gasteiger charge is 2.67. The molecule has 2 aliphatic heterocycles. The number of Topliss-reactive ketones (excluding diaryl/α,β-unsaturated/α-hetero) is 1. The molecule has 0 atom stereocenters. The molecule has 0 bridgehead atoms. The second kappa shape index (κ2) is 11.4. The number of halogens is 4. The number of aromatic nitrogens is 2. The van der Waals surface area contributed by atoms with Gasteiger partial charge in [0.15, 0.2) is 17.3 Å². The van der Waals surface area contributed by atoms with Gasteiger partial charge in [0.1, 0.15) is 34.6 Å². The zero-order valence-corrected chi connectivity index (χ0v) is 24.6. The summed E-state index contributed by atoms with van der Waals surface area (Å²) in [7, 11) is 1.54. The Bertz CT molecular complexity index is 1790. The first-order valence-corrected chi connectivity index (χ1v) is 14.4. The van der Waals surface area contributed by atoms with Gasteiger partial charge in [0.25, 0.3) is 0 Å². The maximum atomic E-state index is 15.2. The van der Waals surface area contributed by atoms with Gasteiger partial charge in [-0.1, -0.05) is 25.6 Å². The van der Waals surface area contributed by atoms with Gasteiger partial charge < -0.3 is 14.2 Å². The van der Waals surface area contributed by atoms with Crippen molar-refractivity contribution >= 4 is 22.5 Å². The topological polar surface area (TPSA) is 97.6 Å². The van der Waals surface area contributed by atoms with Crippen molar-refractivity contribution in [1.82, 2.24) is 14.9 Å². The molecule has 1 saturated heterocycles. The number of likely N-dealkylation sites (N-methyl/N-ethyl adjacent to an activating group) is 1. The van der Waals surface area contributed by atoms with Crippen LogP contribution in [-0.2, 0) is 16.0 Å². The first-order chi connectivity index (χ1) is 21.4. The maximum absolute atomic E-state index is 15.2. The normalized spacial score (nSPS) is 18.0. The summed E-state index contributed by atoms with van der Waals surface area (Å²) in [6.07, 6.45) is -1.44. The molecule has 12 heteroatoms. The van der Waals surface area contributed by atoms with Gasteiger partial charge in [0, 0.05) is 42.8 Å². The molecule has 3 aliphatic rings. The van der Waals surface area contributed by atoms with E-state index >= 15 is 4.39 Å². The monoisotopic (exact) mass is 622 g/mol. The molecular weight excluding hydrogens is 592 g/mol. The number of ether oxygens (including phenoxy) is 3. The lowest BCUT2D eigenvalue weighted by atomic mass is 9.94. The van der Waals surface area contributed by atoms with Crippen molar-refractivity contribution < 1.29 is 36.6 Å². The Morgan fingerprint density at radius 1 is 1.16 bits per heavy atom. The maximum Gasteiger partial charge on any atom is 0.401 e. The number of carbonyl (C=O) groups is 1. The van der Waals surface area contributed by atoms with Crippen molar-refractivity contribution in [1.29, 1.82) is 5.41 Å². The summed E-state index contributed by atoms with van der Waals surface area (Å²) in [5.41, 5.74) is -0.838. The molecule has 45 heavy (non-hydrogen) atoms. The minimum Gasteiger partial charge on any atom is -0.493 e. The number of benzene rings is 2. The van der Waals surface area contributed by atoms with Crippen molar-refractivity contribution in [3.63, 3.8) is 0 Å². The zero-order valence-electron chi connectivity index (χ0n) is 24.6. The molecule has 0 radical (unpaired) electrons. The third-order valence-electron chi connectivity index (χ3n) is 8.37. The Kier molecular flexibility index (Phi) is 7.72. The predicted molar refractivity (Wildman–Crippen MR) is 159 cm³/mol. The number of fused-ring (bicyclic) bond motifs is 1. The second-order valence-corrected chi connectivity index (χ2v) is 11.4. The molecule has 6 rings (SSSR count). The smallest absolute Gasteiger partial charge is 0.401 e. The molecule has 2 fully saturated rings. The molecule has 1 saturated carbocycles. The Hall–Kier alpha value is -4.58. The van der Waals surface area contributed by atoms with Crippen LogP contribution in [0.25, 0.3) is 22.3 Å². The fourth-order valence-corrected chi connectivity index (χ4v) is 5.45. The second-order valence-electron chi connectivity index (χ2n) is 11.4. The molecule has 2 aromatic carbocycles. The summed E-state index contributed by atoms with van der Waals surface area (Å²) in [5.74, 6) is -0.888. The number of methoxy groups -OCH3 is 1. The predicted octanol–water partition coefficient (Wildman–Crippen LogP) is 6.36. The van der Waals surface area contributed by atoms with E-state index < -0.39 is 35.3 Å². The molecule has 0 amide bonds. The lowest BCUT2D eigenvalue weighted by molar-refractivity contribution is -0.183. The average Bonchev–Trinajstić information content (AvgIpc) is 3.81. The van der Waals surface area contributed by atoms with E-state index in [0.29, 0.717) is 33.8 Å². The number of carbonyl (C=O) groups excluding carboxylic acids is 1. The first kappa shape index (κ1) is 30.4. The van der Waals surface area contributed by atoms with Gasteiger partial charge >= 0.3 is 6.18 Å². The highest BCUT2D eigenvalue weighted by atomic mass is 19.4. The summed E-state index contributed by atoms with van der Waals surface area (Å²) < 4.78 is 73.0. The number of nitrogens with zero attached hydrogens (tertiary/aromatic N) is 3. The van der Waals surface area contributed by atoms with Gasteiger partial charge in [-0.3, -0.25) is 20.1 Å². The van der Waals surface area contributed by atoms with Gasteiger partial charge in [-0.25, -0.2) is 9.37 Å². The Labute approximate surface area is 256 Å².